The molecule has 1 aliphatic rings. The zero-order valence-electron chi connectivity index (χ0n) is 11.0. The predicted molar refractivity (Wildman–Crippen MR) is 73.5 cm³/mol. The van der Waals surface area contributed by atoms with Gasteiger partial charge in [-0.15, -0.1) is 0 Å². The number of ether oxygens (including phenoxy) is 1. The Morgan fingerprint density at radius 2 is 2.05 bits per heavy atom. The molecular weight excluding hydrogens is 254 g/mol. The quantitative estimate of drug-likeness (QED) is 0.926. The Hall–Kier alpha value is -2.20. The van der Waals surface area contributed by atoms with Gasteiger partial charge in [-0.2, -0.15) is 0 Å². The van der Waals surface area contributed by atoms with Crippen molar-refractivity contribution in [3.8, 4) is 0 Å². The Morgan fingerprint density at radius 3 is 2.90 bits per heavy atom. The van der Waals surface area contributed by atoms with E-state index in [9.17, 15) is 4.79 Å². The Balaban J connectivity index is 1.75. The number of carbonyl (C=O) groups is 1. The van der Waals surface area contributed by atoms with E-state index in [1.165, 1.54) is 22.9 Å². The number of hydrogen-bond donors (Lipinski definition) is 1. The second-order valence-electron chi connectivity index (χ2n) is 4.93. The van der Waals surface area contributed by atoms with Gasteiger partial charge < -0.3 is 9.84 Å². The number of nitrogens with zero attached hydrogens (tertiary/aromatic N) is 1. The monoisotopic (exact) mass is 269 g/mol. The molecule has 0 amide bonds. The van der Waals surface area contributed by atoms with Crippen LogP contribution in [0, 0.1) is 0 Å². The van der Waals surface area contributed by atoms with Gasteiger partial charge in [0, 0.05) is 12.4 Å². The van der Waals surface area contributed by atoms with Gasteiger partial charge >= 0.3 is 5.97 Å². The minimum Gasteiger partial charge on any atom is -0.478 e. The topological polar surface area (TPSA) is 59.4 Å². The summed E-state index contributed by atoms with van der Waals surface area (Å²) >= 11 is 0. The predicted octanol–water partition coefficient (Wildman–Crippen LogP) is 2.60. The van der Waals surface area contributed by atoms with E-state index in [0.29, 0.717) is 25.2 Å². The molecular formula is C16H15NO3. The molecule has 0 saturated heterocycles. The van der Waals surface area contributed by atoms with E-state index in [0.717, 1.165) is 12.0 Å². The van der Waals surface area contributed by atoms with Crippen molar-refractivity contribution in [3.63, 3.8) is 0 Å². The molecule has 0 spiro atoms. The lowest BCUT2D eigenvalue weighted by molar-refractivity contribution is 0.0695. The number of aromatic carboxylic acids is 1. The van der Waals surface area contributed by atoms with Gasteiger partial charge in [0.2, 0.25) is 0 Å². The molecule has 3 rings (SSSR count). The minimum absolute atomic E-state index is 0.337. The van der Waals surface area contributed by atoms with Crippen molar-refractivity contribution in [1.29, 1.82) is 0 Å². The summed E-state index contributed by atoms with van der Waals surface area (Å²) in [5.74, 6) is -0.898. The van der Waals surface area contributed by atoms with Crippen LogP contribution < -0.4 is 0 Å². The molecule has 4 nitrogen and oxygen atoms in total. The van der Waals surface area contributed by atoms with Crippen molar-refractivity contribution in [1.82, 2.24) is 4.98 Å². The molecule has 102 valence electrons. The molecule has 2 aromatic rings. The van der Waals surface area contributed by atoms with Gasteiger partial charge in [-0.3, -0.25) is 4.98 Å². The van der Waals surface area contributed by atoms with Crippen molar-refractivity contribution in [2.45, 2.75) is 26.1 Å². The first kappa shape index (κ1) is 12.8. The minimum atomic E-state index is -0.898. The lowest BCUT2D eigenvalue weighted by atomic mass is 9.99. The van der Waals surface area contributed by atoms with Crippen LogP contribution in [0.4, 0.5) is 0 Å². The van der Waals surface area contributed by atoms with Crippen molar-refractivity contribution in [2.24, 2.45) is 0 Å². The lowest BCUT2D eigenvalue weighted by Gasteiger charge is -2.06. The SMILES string of the molecule is O=C(O)c1ccncc1CCc1ccc2c(c1)COC2. The van der Waals surface area contributed by atoms with Gasteiger partial charge in [0.1, 0.15) is 0 Å². The van der Waals surface area contributed by atoms with Crippen LogP contribution in [-0.4, -0.2) is 16.1 Å². The van der Waals surface area contributed by atoms with Crippen LogP contribution in [0.25, 0.3) is 0 Å². The van der Waals surface area contributed by atoms with Gasteiger partial charge in [0.15, 0.2) is 0 Å². The summed E-state index contributed by atoms with van der Waals surface area (Å²) in [6, 6.07) is 7.89. The van der Waals surface area contributed by atoms with Crippen molar-refractivity contribution >= 4 is 5.97 Å². The molecule has 20 heavy (non-hydrogen) atoms. The highest BCUT2D eigenvalue weighted by molar-refractivity contribution is 5.89. The van der Waals surface area contributed by atoms with Crippen LogP contribution >= 0.6 is 0 Å². The van der Waals surface area contributed by atoms with Crippen LogP contribution in [0.2, 0.25) is 0 Å². The zero-order chi connectivity index (χ0) is 13.9. The first-order chi connectivity index (χ1) is 9.74. The Bertz CT molecular complexity index is 652. The summed E-state index contributed by atoms with van der Waals surface area (Å²) in [5, 5.41) is 9.15. The molecule has 0 aliphatic carbocycles. The number of carboxylic acids is 1. The summed E-state index contributed by atoms with van der Waals surface area (Å²) in [6.45, 7) is 1.37. The Morgan fingerprint density at radius 1 is 1.20 bits per heavy atom. The van der Waals surface area contributed by atoms with E-state index in [2.05, 4.69) is 23.2 Å². The van der Waals surface area contributed by atoms with Gasteiger partial charge in [0.05, 0.1) is 18.8 Å². The summed E-state index contributed by atoms with van der Waals surface area (Å²) < 4.78 is 5.40. The van der Waals surface area contributed by atoms with Crippen molar-refractivity contribution in [2.75, 3.05) is 0 Å². The molecule has 0 saturated carbocycles. The van der Waals surface area contributed by atoms with Gasteiger partial charge in [-0.05, 0) is 41.2 Å². The number of benzene rings is 1. The number of aromatic nitrogens is 1. The molecule has 1 aromatic heterocycles. The van der Waals surface area contributed by atoms with E-state index in [4.69, 9.17) is 9.84 Å². The largest absolute Gasteiger partial charge is 0.478 e. The molecule has 1 aromatic carbocycles. The molecule has 0 unspecified atom stereocenters. The summed E-state index contributed by atoms with van der Waals surface area (Å²) in [5.41, 5.74) is 4.81. The fourth-order valence-corrected chi connectivity index (χ4v) is 2.49. The highest BCUT2D eigenvalue weighted by atomic mass is 16.5. The number of carboxylic acid groups (broad SMARTS) is 1. The summed E-state index contributed by atoms with van der Waals surface area (Å²) in [6.07, 6.45) is 4.63. The second-order valence-corrected chi connectivity index (χ2v) is 4.93. The molecule has 2 heterocycles. The number of fused-ring (bicyclic) bond motifs is 1. The van der Waals surface area contributed by atoms with Crippen LogP contribution in [0.3, 0.4) is 0 Å². The number of pyridine rings is 1. The third-order valence-corrected chi connectivity index (χ3v) is 3.60. The maximum atomic E-state index is 11.1. The molecule has 0 radical (unpaired) electrons. The van der Waals surface area contributed by atoms with E-state index < -0.39 is 5.97 Å². The van der Waals surface area contributed by atoms with Gasteiger partial charge in [-0.25, -0.2) is 4.79 Å². The molecule has 0 bridgehead atoms. The lowest BCUT2D eigenvalue weighted by Crippen LogP contribution is -2.04. The maximum Gasteiger partial charge on any atom is 0.336 e. The van der Waals surface area contributed by atoms with Crippen LogP contribution in [0.5, 0.6) is 0 Å². The summed E-state index contributed by atoms with van der Waals surface area (Å²) in [7, 11) is 0. The molecule has 0 fully saturated rings. The molecule has 1 aliphatic heterocycles. The maximum absolute atomic E-state index is 11.1. The second kappa shape index (κ2) is 5.43. The smallest absolute Gasteiger partial charge is 0.336 e. The van der Waals surface area contributed by atoms with E-state index in [1.54, 1.807) is 12.3 Å². The van der Waals surface area contributed by atoms with Gasteiger partial charge in [0.25, 0.3) is 0 Å². The highest BCUT2D eigenvalue weighted by Gasteiger charge is 2.12. The first-order valence-electron chi connectivity index (χ1n) is 6.58. The van der Waals surface area contributed by atoms with E-state index >= 15 is 0 Å². The van der Waals surface area contributed by atoms with Crippen LogP contribution in [-0.2, 0) is 30.8 Å². The van der Waals surface area contributed by atoms with Crippen LogP contribution in [0.1, 0.15) is 32.6 Å². The average molecular weight is 269 g/mol. The fraction of sp³-hybridized carbons (Fsp3) is 0.250. The van der Waals surface area contributed by atoms with Crippen molar-refractivity contribution in [3.05, 3.63) is 64.5 Å². The Kier molecular flexibility index (Phi) is 3.48. The first-order valence-corrected chi connectivity index (χ1v) is 6.58. The number of hydrogen-bond acceptors (Lipinski definition) is 3. The third-order valence-electron chi connectivity index (χ3n) is 3.60. The van der Waals surface area contributed by atoms with Crippen LogP contribution in [0.15, 0.2) is 36.7 Å². The zero-order valence-corrected chi connectivity index (χ0v) is 11.0. The number of rotatable bonds is 4. The average Bonchev–Trinajstić information content (AvgIpc) is 2.92. The van der Waals surface area contributed by atoms with Crippen molar-refractivity contribution < 1.29 is 14.6 Å². The molecule has 0 atom stereocenters. The fourth-order valence-electron chi connectivity index (χ4n) is 2.49. The standard InChI is InChI=1S/C16H15NO3/c18-16(19)15-5-6-17-8-12(15)3-1-11-2-4-13-9-20-10-14(13)7-11/h2,4-8H,1,3,9-10H2,(H,18,19). The highest BCUT2D eigenvalue weighted by Crippen LogP contribution is 2.22. The molecule has 1 N–H and O–H groups in total. The van der Waals surface area contributed by atoms with E-state index in [1.807, 2.05) is 0 Å². The summed E-state index contributed by atoms with van der Waals surface area (Å²) in [4.78, 5) is 15.2. The van der Waals surface area contributed by atoms with Gasteiger partial charge in [-0.1, -0.05) is 18.2 Å². The molecule has 4 heteroatoms. The third kappa shape index (κ3) is 2.56. The van der Waals surface area contributed by atoms with E-state index in [-0.39, 0.29) is 0 Å². The Labute approximate surface area is 117 Å². The number of aryl methyl sites for hydroxylation is 2. The normalized spacial score (nSPS) is 13.2.